The van der Waals surface area contributed by atoms with E-state index in [0.29, 0.717) is 23.0 Å². The largest absolute Gasteiger partial charge is 0.396 e. The van der Waals surface area contributed by atoms with E-state index in [4.69, 9.17) is 0 Å². The molecule has 6 nitrogen and oxygen atoms in total. The summed E-state index contributed by atoms with van der Waals surface area (Å²) in [6, 6.07) is 4.22. The van der Waals surface area contributed by atoms with Gasteiger partial charge >= 0.3 is 0 Å². The van der Waals surface area contributed by atoms with E-state index < -0.39 is 0 Å². The number of hydrogen-bond donors (Lipinski definition) is 1. The van der Waals surface area contributed by atoms with Crippen LogP contribution in [0.4, 0.5) is 0 Å². The van der Waals surface area contributed by atoms with Gasteiger partial charge in [-0.1, -0.05) is 0 Å². The van der Waals surface area contributed by atoms with Crippen LogP contribution in [0.1, 0.15) is 41.7 Å². The van der Waals surface area contributed by atoms with Crippen molar-refractivity contribution >= 4 is 5.91 Å². The average molecular weight is 338 g/mol. The second-order valence-corrected chi connectivity index (χ2v) is 7.05. The van der Waals surface area contributed by atoms with Gasteiger partial charge in [-0.2, -0.15) is 0 Å². The number of fused-ring (bicyclic) bond motifs is 2. The van der Waals surface area contributed by atoms with E-state index in [-0.39, 0.29) is 24.6 Å². The number of pyridine rings is 1. The van der Waals surface area contributed by atoms with Crippen molar-refractivity contribution in [3.8, 4) is 11.4 Å². The Kier molecular flexibility index (Phi) is 4.21. The fourth-order valence-corrected chi connectivity index (χ4v) is 4.22. The van der Waals surface area contributed by atoms with E-state index in [1.165, 1.54) is 0 Å². The molecule has 4 heterocycles. The minimum atomic E-state index is 0.0270. The van der Waals surface area contributed by atoms with Gasteiger partial charge in [0.2, 0.25) is 0 Å². The summed E-state index contributed by atoms with van der Waals surface area (Å²) in [6.07, 6.45) is 8.92. The third-order valence-corrected chi connectivity index (χ3v) is 5.45. The number of aliphatic hydroxyl groups excluding tert-OH is 1. The summed E-state index contributed by atoms with van der Waals surface area (Å²) in [7, 11) is 0. The Hall–Kier alpha value is -2.34. The Morgan fingerprint density at radius 2 is 2.04 bits per heavy atom. The van der Waals surface area contributed by atoms with Crippen molar-refractivity contribution in [3.63, 3.8) is 0 Å². The topological polar surface area (TPSA) is 79.2 Å². The normalized spacial score (nSPS) is 25.2. The van der Waals surface area contributed by atoms with Crippen LogP contribution in [0.3, 0.4) is 0 Å². The van der Waals surface area contributed by atoms with Gasteiger partial charge in [-0.25, -0.2) is 9.97 Å². The van der Waals surface area contributed by atoms with Gasteiger partial charge in [-0.15, -0.1) is 0 Å². The first-order valence-electron chi connectivity index (χ1n) is 8.85. The van der Waals surface area contributed by atoms with Gasteiger partial charge < -0.3 is 10.0 Å². The van der Waals surface area contributed by atoms with E-state index >= 15 is 0 Å². The first-order chi connectivity index (χ1) is 12.2. The fraction of sp³-hybridized carbons (Fsp3) is 0.474. The van der Waals surface area contributed by atoms with Crippen LogP contribution in [0.2, 0.25) is 0 Å². The SMILES string of the molecule is Cc1nc(-c2cccnc2)ncc1C(=O)N1[C@@H]2CC[C@H]1CC(CO)C2. The molecule has 0 aliphatic carbocycles. The van der Waals surface area contributed by atoms with Crippen molar-refractivity contribution in [2.75, 3.05) is 6.61 Å². The van der Waals surface area contributed by atoms with E-state index in [1.807, 2.05) is 24.0 Å². The number of aromatic nitrogens is 3. The number of amides is 1. The van der Waals surface area contributed by atoms with Crippen LogP contribution in [0.25, 0.3) is 11.4 Å². The van der Waals surface area contributed by atoms with E-state index in [9.17, 15) is 9.90 Å². The van der Waals surface area contributed by atoms with Crippen molar-refractivity contribution < 1.29 is 9.90 Å². The zero-order valence-electron chi connectivity index (χ0n) is 14.3. The van der Waals surface area contributed by atoms with Crippen molar-refractivity contribution in [2.24, 2.45) is 5.92 Å². The Morgan fingerprint density at radius 1 is 1.28 bits per heavy atom. The Balaban J connectivity index is 1.59. The lowest BCUT2D eigenvalue weighted by Gasteiger charge is -2.38. The number of rotatable bonds is 3. The summed E-state index contributed by atoms with van der Waals surface area (Å²) < 4.78 is 0. The molecule has 1 N–H and O–H groups in total. The quantitative estimate of drug-likeness (QED) is 0.928. The van der Waals surface area contributed by atoms with Crippen molar-refractivity contribution in [1.82, 2.24) is 19.9 Å². The van der Waals surface area contributed by atoms with Crippen molar-refractivity contribution in [3.05, 3.63) is 42.0 Å². The lowest BCUT2D eigenvalue weighted by Crippen LogP contribution is -2.47. The minimum absolute atomic E-state index is 0.0270. The smallest absolute Gasteiger partial charge is 0.257 e. The summed E-state index contributed by atoms with van der Waals surface area (Å²) in [5, 5.41) is 9.45. The van der Waals surface area contributed by atoms with Crippen molar-refractivity contribution in [2.45, 2.75) is 44.7 Å². The highest BCUT2D eigenvalue weighted by molar-refractivity contribution is 5.95. The molecule has 25 heavy (non-hydrogen) atoms. The maximum atomic E-state index is 13.1. The summed E-state index contributed by atoms with van der Waals surface area (Å²) >= 11 is 0. The Labute approximate surface area is 147 Å². The molecule has 2 saturated heterocycles. The second kappa shape index (κ2) is 6.52. The molecule has 0 radical (unpaired) electrons. The van der Waals surface area contributed by atoms with Crippen LogP contribution >= 0.6 is 0 Å². The molecule has 4 rings (SSSR count). The van der Waals surface area contributed by atoms with E-state index in [0.717, 1.165) is 31.2 Å². The molecule has 130 valence electrons. The highest BCUT2D eigenvalue weighted by atomic mass is 16.3. The second-order valence-electron chi connectivity index (χ2n) is 7.05. The van der Waals surface area contributed by atoms with Crippen LogP contribution in [0, 0.1) is 12.8 Å². The first kappa shape index (κ1) is 16.1. The van der Waals surface area contributed by atoms with Crippen LogP contribution < -0.4 is 0 Å². The molecule has 0 aromatic carbocycles. The molecule has 1 unspecified atom stereocenters. The number of aliphatic hydroxyl groups is 1. The minimum Gasteiger partial charge on any atom is -0.396 e. The predicted molar refractivity (Wildman–Crippen MR) is 92.8 cm³/mol. The molecule has 3 atom stereocenters. The van der Waals surface area contributed by atoms with Crippen LogP contribution in [-0.4, -0.2) is 49.6 Å². The number of piperidine rings is 1. The van der Waals surface area contributed by atoms with E-state index in [1.54, 1.807) is 18.6 Å². The number of carbonyl (C=O) groups excluding carboxylic acids is 1. The summed E-state index contributed by atoms with van der Waals surface area (Å²) in [5.41, 5.74) is 2.11. The maximum absolute atomic E-state index is 13.1. The molecule has 1 amide bonds. The molecular weight excluding hydrogens is 316 g/mol. The van der Waals surface area contributed by atoms with Crippen molar-refractivity contribution in [1.29, 1.82) is 0 Å². The van der Waals surface area contributed by atoms with Gasteiger partial charge in [0.1, 0.15) is 0 Å². The lowest BCUT2D eigenvalue weighted by atomic mass is 9.91. The zero-order chi connectivity index (χ0) is 17.4. The van der Waals surface area contributed by atoms with Crippen LogP contribution in [0.5, 0.6) is 0 Å². The predicted octanol–water partition coefficient (Wildman–Crippen LogP) is 2.22. The molecule has 0 spiro atoms. The Bertz CT molecular complexity index is 766. The molecular formula is C19H22N4O2. The van der Waals surface area contributed by atoms with Gasteiger partial charge in [0.15, 0.2) is 5.82 Å². The van der Waals surface area contributed by atoms with Crippen LogP contribution in [0.15, 0.2) is 30.7 Å². The number of nitrogens with zero attached hydrogens (tertiary/aromatic N) is 4. The third kappa shape index (κ3) is 2.91. The third-order valence-electron chi connectivity index (χ3n) is 5.45. The highest BCUT2D eigenvalue weighted by Crippen LogP contribution is 2.39. The molecule has 2 aromatic rings. The first-order valence-corrected chi connectivity index (χ1v) is 8.85. The molecule has 0 saturated carbocycles. The fourth-order valence-electron chi connectivity index (χ4n) is 4.22. The maximum Gasteiger partial charge on any atom is 0.257 e. The number of carbonyl (C=O) groups is 1. The van der Waals surface area contributed by atoms with Crippen LogP contribution in [-0.2, 0) is 0 Å². The summed E-state index contributed by atoms with van der Waals surface area (Å²) in [6.45, 7) is 2.08. The summed E-state index contributed by atoms with van der Waals surface area (Å²) in [5.74, 6) is 0.940. The Morgan fingerprint density at radius 3 is 2.64 bits per heavy atom. The standard InChI is InChI=1S/C19H22N4O2/c1-12-17(10-21-18(22-12)14-3-2-6-20-9-14)19(25)23-15-4-5-16(23)8-13(7-15)11-24/h2-3,6,9-10,13,15-16,24H,4-5,7-8,11H2,1H3/t13?,15-,16+. The molecule has 2 bridgehead atoms. The lowest BCUT2D eigenvalue weighted by molar-refractivity contribution is 0.0451. The molecule has 2 aromatic heterocycles. The van der Waals surface area contributed by atoms with Gasteiger partial charge in [-0.05, 0) is 50.7 Å². The summed E-state index contributed by atoms with van der Waals surface area (Å²) in [4.78, 5) is 28.1. The number of aryl methyl sites for hydroxylation is 1. The average Bonchev–Trinajstić information content (AvgIpc) is 2.91. The van der Waals surface area contributed by atoms with Gasteiger partial charge in [0.05, 0.1) is 11.3 Å². The molecule has 6 heteroatoms. The monoisotopic (exact) mass is 338 g/mol. The number of hydrogen-bond acceptors (Lipinski definition) is 5. The molecule has 2 aliphatic heterocycles. The highest BCUT2D eigenvalue weighted by Gasteiger charge is 2.43. The van der Waals surface area contributed by atoms with Gasteiger partial charge in [-0.3, -0.25) is 9.78 Å². The van der Waals surface area contributed by atoms with Gasteiger partial charge in [0, 0.05) is 42.8 Å². The molecule has 2 aliphatic rings. The molecule has 2 fully saturated rings. The zero-order valence-corrected chi connectivity index (χ0v) is 14.3. The van der Waals surface area contributed by atoms with Gasteiger partial charge in [0.25, 0.3) is 5.91 Å². The van der Waals surface area contributed by atoms with E-state index in [2.05, 4.69) is 15.0 Å².